The maximum atomic E-state index is 6.06. The van der Waals surface area contributed by atoms with Gasteiger partial charge in [0.1, 0.15) is 0 Å². The first-order chi connectivity index (χ1) is 13.3. The largest absolute Gasteiger partial charge is 0.298 e. The van der Waals surface area contributed by atoms with Gasteiger partial charge in [0.05, 0.1) is 5.69 Å². The van der Waals surface area contributed by atoms with Crippen molar-refractivity contribution in [3.63, 3.8) is 0 Å². The molecule has 0 amide bonds. The lowest BCUT2D eigenvalue weighted by atomic mass is 10.1. The van der Waals surface area contributed by atoms with Gasteiger partial charge in [0, 0.05) is 54.2 Å². The Hall–Kier alpha value is -2.21. The fraction of sp³-hybridized carbons (Fsp3) is 0.238. The van der Waals surface area contributed by atoms with Crippen LogP contribution in [0.1, 0.15) is 18.4 Å². The van der Waals surface area contributed by atoms with E-state index in [0.29, 0.717) is 0 Å². The number of nitrogens with one attached hydrogen (secondary N) is 1. The van der Waals surface area contributed by atoms with Crippen LogP contribution in [0.25, 0.3) is 11.3 Å². The van der Waals surface area contributed by atoms with Crippen LogP contribution < -0.4 is 5.43 Å². The molecule has 1 aliphatic rings. The van der Waals surface area contributed by atoms with Crippen molar-refractivity contribution in [2.45, 2.75) is 19.4 Å². The van der Waals surface area contributed by atoms with Gasteiger partial charge in [0.2, 0.25) is 5.13 Å². The molecule has 0 atom stereocenters. The minimum absolute atomic E-state index is 0.720. The zero-order valence-electron chi connectivity index (χ0n) is 14.9. The Kier molecular flexibility index (Phi) is 5.82. The number of thiazole rings is 1. The summed E-state index contributed by atoms with van der Waals surface area (Å²) in [6.45, 7) is 3.10. The smallest absolute Gasteiger partial charge is 0.203 e. The Labute approximate surface area is 168 Å². The third-order valence-corrected chi connectivity index (χ3v) is 5.60. The standard InChI is InChI=1S/C21H21ClN4S/c22-18-8-4-7-17(13-18)20-15-27-21(23-20)25-24-19-9-11-26(12-10-19)14-16-5-2-1-3-6-16/h1-8,13,15H,9-12,14H2,(H,23,25). The fourth-order valence-corrected chi connectivity index (χ4v) is 4.01. The molecule has 4 nitrogen and oxygen atoms in total. The van der Waals surface area contributed by atoms with Crippen LogP contribution >= 0.6 is 22.9 Å². The molecule has 1 fully saturated rings. The first-order valence-electron chi connectivity index (χ1n) is 9.05. The molecule has 6 heteroatoms. The van der Waals surface area contributed by atoms with Crippen molar-refractivity contribution in [1.29, 1.82) is 0 Å². The van der Waals surface area contributed by atoms with E-state index in [4.69, 9.17) is 11.6 Å². The first-order valence-corrected chi connectivity index (χ1v) is 10.3. The van der Waals surface area contributed by atoms with E-state index >= 15 is 0 Å². The highest BCUT2D eigenvalue weighted by atomic mass is 35.5. The van der Waals surface area contributed by atoms with Crippen LogP contribution in [0.15, 0.2) is 65.1 Å². The normalized spacial score (nSPS) is 14.9. The zero-order chi connectivity index (χ0) is 18.5. The molecule has 1 saturated heterocycles. The van der Waals surface area contributed by atoms with Gasteiger partial charge in [-0.05, 0) is 17.7 Å². The predicted octanol–water partition coefficient (Wildman–Crippen LogP) is 5.53. The summed E-state index contributed by atoms with van der Waals surface area (Å²) in [7, 11) is 0. The molecule has 2 heterocycles. The van der Waals surface area contributed by atoms with Crippen molar-refractivity contribution in [3.8, 4) is 11.3 Å². The molecular weight excluding hydrogens is 376 g/mol. The SMILES string of the molecule is Clc1cccc(-c2csc(NN=C3CCN(Cc4ccccc4)CC3)n2)c1. The van der Waals surface area contributed by atoms with Gasteiger partial charge < -0.3 is 0 Å². The molecule has 1 aliphatic heterocycles. The van der Waals surface area contributed by atoms with Gasteiger partial charge in [-0.3, -0.25) is 10.3 Å². The van der Waals surface area contributed by atoms with Crippen LogP contribution in [0.3, 0.4) is 0 Å². The number of piperidine rings is 1. The van der Waals surface area contributed by atoms with Crippen molar-refractivity contribution in [3.05, 3.63) is 70.6 Å². The summed E-state index contributed by atoms with van der Waals surface area (Å²) >= 11 is 7.62. The average molecular weight is 397 g/mol. The van der Waals surface area contributed by atoms with E-state index in [-0.39, 0.29) is 0 Å². The van der Waals surface area contributed by atoms with Crippen molar-refractivity contribution in [2.75, 3.05) is 18.5 Å². The maximum absolute atomic E-state index is 6.06. The number of hydrogen-bond acceptors (Lipinski definition) is 5. The molecule has 27 heavy (non-hydrogen) atoms. The van der Waals surface area contributed by atoms with Crippen LogP contribution in [0.2, 0.25) is 5.02 Å². The summed E-state index contributed by atoms with van der Waals surface area (Å²) in [6.07, 6.45) is 1.98. The Balaban J connectivity index is 1.31. The fourth-order valence-electron chi connectivity index (χ4n) is 3.16. The lowest BCUT2D eigenvalue weighted by Gasteiger charge is -2.27. The summed E-state index contributed by atoms with van der Waals surface area (Å²) < 4.78 is 0. The number of rotatable bonds is 5. The highest BCUT2D eigenvalue weighted by Crippen LogP contribution is 2.26. The molecule has 0 aliphatic carbocycles. The van der Waals surface area contributed by atoms with Gasteiger partial charge in [-0.25, -0.2) is 4.98 Å². The van der Waals surface area contributed by atoms with Crippen LogP contribution in [0.5, 0.6) is 0 Å². The summed E-state index contributed by atoms with van der Waals surface area (Å²) in [4.78, 5) is 7.09. The molecule has 0 radical (unpaired) electrons. The van der Waals surface area contributed by atoms with Crippen LogP contribution in [0.4, 0.5) is 5.13 Å². The van der Waals surface area contributed by atoms with Crippen molar-refractivity contribution >= 4 is 33.8 Å². The Morgan fingerprint density at radius 3 is 2.67 bits per heavy atom. The summed E-state index contributed by atoms with van der Waals surface area (Å²) in [5.74, 6) is 0. The second-order valence-corrected chi connectivity index (χ2v) is 7.89. The molecule has 0 bridgehead atoms. The number of hydrogen-bond donors (Lipinski definition) is 1. The van der Waals surface area contributed by atoms with Gasteiger partial charge in [0.25, 0.3) is 0 Å². The van der Waals surface area contributed by atoms with Crippen molar-refractivity contribution < 1.29 is 0 Å². The van der Waals surface area contributed by atoms with E-state index in [1.54, 1.807) is 11.3 Å². The van der Waals surface area contributed by atoms with E-state index in [2.05, 4.69) is 50.7 Å². The molecule has 0 unspecified atom stereocenters. The Morgan fingerprint density at radius 2 is 1.89 bits per heavy atom. The van der Waals surface area contributed by atoms with Gasteiger partial charge in [-0.2, -0.15) is 5.10 Å². The van der Waals surface area contributed by atoms with E-state index in [1.807, 2.05) is 29.6 Å². The second-order valence-electron chi connectivity index (χ2n) is 6.60. The second kappa shape index (κ2) is 8.65. The number of benzene rings is 2. The Morgan fingerprint density at radius 1 is 1.07 bits per heavy atom. The number of halogens is 1. The number of likely N-dealkylation sites (tertiary alicyclic amines) is 1. The minimum atomic E-state index is 0.720. The van der Waals surface area contributed by atoms with Crippen molar-refractivity contribution in [1.82, 2.24) is 9.88 Å². The summed E-state index contributed by atoms with van der Waals surface area (Å²) in [5.41, 5.74) is 7.64. The van der Waals surface area contributed by atoms with E-state index in [9.17, 15) is 0 Å². The van der Waals surface area contributed by atoms with Crippen molar-refractivity contribution in [2.24, 2.45) is 5.10 Å². The first kappa shape index (κ1) is 18.2. The van der Waals surface area contributed by atoms with Gasteiger partial charge in [-0.15, -0.1) is 11.3 Å². The van der Waals surface area contributed by atoms with Crippen LogP contribution in [0, 0.1) is 0 Å². The monoisotopic (exact) mass is 396 g/mol. The molecule has 0 saturated carbocycles. The lowest BCUT2D eigenvalue weighted by molar-refractivity contribution is 0.266. The summed E-state index contributed by atoms with van der Waals surface area (Å²) in [6, 6.07) is 18.4. The topological polar surface area (TPSA) is 40.5 Å². The van der Waals surface area contributed by atoms with E-state index in [0.717, 1.165) is 53.9 Å². The quantitative estimate of drug-likeness (QED) is 0.576. The lowest BCUT2D eigenvalue weighted by Crippen LogP contribution is -2.33. The number of aromatic nitrogens is 1. The number of hydrazone groups is 1. The molecule has 4 rings (SSSR count). The van der Waals surface area contributed by atoms with E-state index < -0.39 is 0 Å². The highest BCUT2D eigenvalue weighted by molar-refractivity contribution is 7.14. The van der Waals surface area contributed by atoms with Gasteiger partial charge >= 0.3 is 0 Å². The molecular formula is C21H21ClN4S. The van der Waals surface area contributed by atoms with Crippen LogP contribution in [-0.4, -0.2) is 28.7 Å². The average Bonchev–Trinajstić information content (AvgIpc) is 3.17. The molecule has 1 aromatic heterocycles. The van der Waals surface area contributed by atoms with E-state index in [1.165, 1.54) is 11.3 Å². The molecule has 3 aromatic rings. The Bertz CT molecular complexity index is 913. The third-order valence-electron chi connectivity index (χ3n) is 4.62. The number of nitrogens with zero attached hydrogens (tertiary/aromatic N) is 3. The third kappa shape index (κ3) is 4.95. The predicted molar refractivity (Wildman–Crippen MR) is 115 cm³/mol. The molecule has 0 spiro atoms. The highest BCUT2D eigenvalue weighted by Gasteiger charge is 2.15. The maximum Gasteiger partial charge on any atom is 0.203 e. The van der Waals surface area contributed by atoms with Gasteiger partial charge in [-0.1, -0.05) is 54.1 Å². The van der Waals surface area contributed by atoms with Gasteiger partial charge in [0.15, 0.2) is 0 Å². The molecule has 138 valence electrons. The zero-order valence-corrected chi connectivity index (χ0v) is 16.5. The summed E-state index contributed by atoms with van der Waals surface area (Å²) in [5, 5.41) is 8.14. The number of anilines is 1. The molecule has 2 aromatic carbocycles. The molecule has 1 N–H and O–H groups in total. The minimum Gasteiger partial charge on any atom is -0.298 e. The van der Waals surface area contributed by atoms with Crippen LogP contribution in [-0.2, 0) is 6.54 Å².